The topological polar surface area (TPSA) is 88.9 Å². The molecule has 1 fully saturated rings. The van der Waals surface area contributed by atoms with Crippen LogP contribution in [-0.4, -0.2) is 38.4 Å². The average molecular weight is 484 g/mol. The lowest BCUT2D eigenvalue weighted by molar-refractivity contribution is -0.119. The molecule has 7 nitrogen and oxygen atoms in total. The zero-order valence-corrected chi connectivity index (χ0v) is 20.0. The van der Waals surface area contributed by atoms with E-state index in [0.29, 0.717) is 39.1 Å². The standard InChI is InChI=1S/C21H27Cl2N5O2S/c1-3-28-18(11-24-20(30)14-8-9-15(22)16(23)10-14)26-27-21(28)31-12-19(29)25-17-7-5-4-6-13(17)2/h8-10,13,17H,3-7,11-12H2,1-2H3,(H,24,30)(H,25,29)/t13-,17+/m0/s1. The SMILES string of the molecule is CCn1c(CNC(=O)c2ccc(Cl)c(Cl)c2)nnc1SCC(=O)N[C@@H]1CCCC[C@@H]1C. The van der Waals surface area contributed by atoms with Crippen molar-refractivity contribution in [3.8, 4) is 0 Å². The van der Waals surface area contributed by atoms with Crippen LogP contribution in [0.15, 0.2) is 23.4 Å². The molecule has 0 radical (unpaired) electrons. The van der Waals surface area contributed by atoms with E-state index in [9.17, 15) is 9.59 Å². The second kappa shape index (κ2) is 11.2. The van der Waals surface area contributed by atoms with Crippen molar-refractivity contribution in [1.29, 1.82) is 0 Å². The Hall–Kier alpha value is -1.77. The van der Waals surface area contributed by atoms with E-state index in [-0.39, 0.29) is 30.2 Å². The van der Waals surface area contributed by atoms with E-state index in [2.05, 4.69) is 27.8 Å². The maximum Gasteiger partial charge on any atom is 0.251 e. The van der Waals surface area contributed by atoms with E-state index >= 15 is 0 Å². The first-order chi connectivity index (χ1) is 14.9. The first-order valence-electron chi connectivity index (χ1n) is 10.5. The molecule has 1 aromatic heterocycles. The molecule has 1 aliphatic rings. The van der Waals surface area contributed by atoms with Crippen molar-refractivity contribution in [3.05, 3.63) is 39.6 Å². The summed E-state index contributed by atoms with van der Waals surface area (Å²) in [5.74, 6) is 1.17. The average Bonchev–Trinajstić information content (AvgIpc) is 3.16. The molecule has 0 spiro atoms. The number of rotatable bonds is 8. The van der Waals surface area contributed by atoms with Gasteiger partial charge in [0.25, 0.3) is 5.91 Å². The quantitative estimate of drug-likeness (QED) is 0.545. The molecule has 10 heteroatoms. The van der Waals surface area contributed by atoms with Crippen molar-refractivity contribution >= 4 is 46.8 Å². The van der Waals surface area contributed by atoms with Crippen molar-refractivity contribution in [2.45, 2.75) is 63.8 Å². The van der Waals surface area contributed by atoms with Crippen molar-refractivity contribution in [2.24, 2.45) is 5.92 Å². The van der Waals surface area contributed by atoms with Crippen LogP contribution in [0.4, 0.5) is 0 Å². The van der Waals surface area contributed by atoms with Crippen LogP contribution >= 0.6 is 35.0 Å². The molecule has 1 aliphatic carbocycles. The number of hydrogen-bond acceptors (Lipinski definition) is 5. The molecule has 31 heavy (non-hydrogen) atoms. The summed E-state index contributed by atoms with van der Waals surface area (Å²) in [6.07, 6.45) is 4.63. The summed E-state index contributed by atoms with van der Waals surface area (Å²) in [5.41, 5.74) is 0.417. The Morgan fingerprint density at radius 3 is 2.68 bits per heavy atom. The molecule has 168 valence electrons. The highest BCUT2D eigenvalue weighted by molar-refractivity contribution is 7.99. The number of hydrogen-bond donors (Lipinski definition) is 2. The molecule has 0 unspecified atom stereocenters. The smallest absolute Gasteiger partial charge is 0.251 e. The largest absolute Gasteiger partial charge is 0.352 e. The summed E-state index contributed by atoms with van der Waals surface area (Å²) in [6.45, 7) is 5.02. The number of benzene rings is 1. The number of aromatic nitrogens is 3. The summed E-state index contributed by atoms with van der Waals surface area (Å²) in [6, 6.07) is 4.98. The highest BCUT2D eigenvalue weighted by Crippen LogP contribution is 2.25. The van der Waals surface area contributed by atoms with E-state index in [1.807, 2.05) is 11.5 Å². The highest BCUT2D eigenvalue weighted by Gasteiger charge is 2.23. The summed E-state index contributed by atoms with van der Waals surface area (Å²) in [5, 5.41) is 15.7. The van der Waals surface area contributed by atoms with E-state index in [0.717, 1.165) is 6.42 Å². The van der Waals surface area contributed by atoms with Crippen LogP contribution in [0.2, 0.25) is 10.0 Å². The van der Waals surface area contributed by atoms with Gasteiger partial charge in [0.15, 0.2) is 11.0 Å². The zero-order chi connectivity index (χ0) is 22.4. The lowest BCUT2D eigenvalue weighted by Crippen LogP contribution is -2.41. The van der Waals surface area contributed by atoms with E-state index in [4.69, 9.17) is 23.2 Å². The fraction of sp³-hybridized carbons (Fsp3) is 0.524. The molecule has 3 rings (SSSR count). The number of nitrogens with one attached hydrogen (secondary N) is 2. The van der Waals surface area contributed by atoms with Gasteiger partial charge in [-0.25, -0.2) is 0 Å². The molecule has 0 bridgehead atoms. The van der Waals surface area contributed by atoms with Crippen LogP contribution in [0, 0.1) is 5.92 Å². The number of halogens is 2. The third-order valence-corrected chi connectivity index (χ3v) is 7.19. The van der Waals surface area contributed by atoms with E-state index in [1.54, 1.807) is 12.1 Å². The Bertz CT molecular complexity index is 936. The van der Waals surface area contributed by atoms with E-state index in [1.165, 1.54) is 37.1 Å². The molecule has 2 N–H and O–H groups in total. The first kappa shape index (κ1) is 23.9. The molecule has 2 atom stereocenters. The Balaban J connectivity index is 1.54. The van der Waals surface area contributed by atoms with Gasteiger partial charge in [-0.15, -0.1) is 10.2 Å². The number of thioether (sulfide) groups is 1. The molecule has 2 amide bonds. The summed E-state index contributed by atoms with van der Waals surface area (Å²) in [7, 11) is 0. The Kier molecular flexibility index (Phi) is 8.63. The van der Waals surface area contributed by atoms with Crippen molar-refractivity contribution in [2.75, 3.05) is 5.75 Å². The molecule has 2 aromatic rings. The van der Waals surface area contributed by atoms with E-state index < -0.39 is 0 Å². The highest BCUT2D eigenvalue weighted by atomic mass is 35.5. The number of carbonyl (C=O) groups is 2. The summed E-state index contributed by atoms with van der Waals surface area (Å²) in [4.78, 5) is 24.8. The fourth-order valence-corrected chi connectivity index (χ4v) is 4.81. The summed E-state index contributed by atoms with van der Waals surface area (Å²) >= 11 is 13.2. The van der Waals surface area contributed by atoms with Crippen molar-refractivity contribution in [1.82, 2.24) is 25.4 Å². The van der Waals surface area contributed by atoms with Crippen LogP contribution in [0.5, 0.6) is 0 Å². The second-order valence-electron chi connectivity index (χ2n) is 7.68. The van der Waals surface area contributed by atoms with Gasteiger partial charge in [0.1, 0.15) is 0 Å². The molecular formula is C21H27Cl2N5O2S. The molecule has 1 aromatic carbocycles. The van der Waals surface area contributed by atoms with Crippen LogP contribution in [0.3, 0.4) is 0 Å². The predicted molar refractivity (Wildman–Crippen MR) is 124 cm³/mol. The number of amides is 2. The number of carbonyl (C=O) groups excluding carboxylic acids is 2. The third kappa shape index (κ3) is 6.37. The zero-order valence-electron chi connectivity index (χ0n) is 17.7. The molecule has 1 heterocycles. The minimum atomic E-state index is -0.278. The van der Waals surface area contributed by atoms with Crippen LogP contribution in [-0.2, 0) is 17.9 Å². The molecular weight excluding hydrogens is 457 g/mol. The Morgan fingerprint density at radius 2 is 1.97 bits per heavy atom. The second-order valence-corrected chi connectivity index (χ2v) is 9.44. The third-order valence-electron chi connectivity index (χ3n) is 5.49. The summed E-state index contributed by atoms with van der Waals surface area (Å²) < 4.78 is 1.90. The normalized spacial score (nSPS) is 18.6. The van der Waals surface area contributed by atoms with Gasteiger partial charge < -0.3 is 15.2 Å². The first-order valence-corrected chi connectivity index (χ1v) is 12.2. The maximum atomic E-state index is 12.4. The van der Waals surface area contributed by atoms with Gasteiger partial charge >= 0.3 is 0 Å². The Morgan fingerprint density at radius 1 is 1.19 bits per heavy atom. The fourth-order valence-electron chi connectivity index (χ4n) is 3.68. The van der Waals surface area contributed by atoms with Gasteiger partial charge in [0, 0.05) is 18.2 Å². The van der Waals surface area contributed by atoms with Crippen LogP contribution < -0.4 is 10.6 Å². The van der Waals surface area contributed by atoms with Gasteiger partial charge in [-0.1, -0.05) is 54.7 Å². The van der Waals surface area contributed by atoms with Crippen LogP contribution in [0.1, 0.15) is 55.7 Å². The lowest BCUT2D eigenvalue weighted by Gasteiger charge is -2.29. The maximum absolute atomic E-state index is 12.4. The minimum absolute atomic E-state index is 0.0175. The van der Waals surface area contributed by atoms with Crippen molar-refractivity contribution in [3.63, 3.8) is 0 Å². The molecule has 0 aliphatic heterocycles. The molecule has 1 saturated carbocycles. The van der Waals surface area contributed by atoms with Gasteiger partial charge in [0.2, 0.25) is 5.91 Å². The van der Waals surface area contributed by atoms with Gasteiger partial charge in [-0.05, 0) is 43.9 Å². The van der Waals surface area contributed by atoms with Gasteiger partial charge in [-0.3, -0.25) is 9.59 Å². The van der Waals surface area contributed by atoms with Gasteiger partial charge in [0.05, 0.1) is 22.3 Å². The molecule has 0 saturated heterocycles. The van der Waals surface area contributed by atoms with Crippen LogP contribution in [0.25, 0.3) is 0 Å². The number of nitrogens with zero attached hydrogens (tertiary/aromatic N) is 3. The van der Waals surface area contributed by atoms with Gasteiger partial charge in [-0.2, -0.15) is 0 Å². The monoisotopic (exact) mass is 483 g/mol. The predicted octanol–water partition coefficient (Wildman–Crippen LogP) is 4.32. The minimum Gasteiger partial charge on any atom is -0.352 e. The van der Waals surface area contributed by atoms with Crippen molar-refractivity contribution < 1.29 is 9.59 Å². The Labute approximate surface area is 196 Å². The lowest BCUT2D eigenvalue weighted by atomic mass is 9.86.